The molecule has 1 heteroatoms. The van der Waals surface area contributed by atoms with Gasteiger partial charge in [0.25, 0.3) is 0 Å². The van der Waals surface area contributed by atoms with Crippen LogP contribution in [0, 0.1) is 0 Å². The Balaban J connectivity index is 2.00. The molecule has 0 heterocycles. The van der Waals surface area contributed by atoms with Crippen LogP contribution in [0.3, 0.4) is 0 Å². The highest BCUT2D eigenvalue weighted by atomic mass is 16.1. The fourth-order valence-corrected chi connectivity index (χ4v) is 2.49. The van der Waals surface area contributed by atoms with Crippen LogP contribution in [0.25, 0.3) is 6.08 Å². The first-order valence-electron chi connectivity index (χ1n) is 6.21. The third-order valence-electron chi connectivity index (χ3n) is 3.42. The predicted molar refractivity (Wildman–Crippen MR) is 73.6 cm³/mol. The van der Waals surface area contributed by atoms with Crippen molar-refractivity contribution >= 4 is 11.9 Å². The minimum atomic E-state index is -0.0337. The van der Waals surface area contributed by atoms with Crippen LogP contribution in [0.15, 0.2) is 60.7 Å². The van der Waals surface area contributed by atoms with Crippen molar-refractivity contribution in [2.24, 2.45) is 0 Å². The van der Waals surface area contributed by atoms with E-state index in [1.54, 1.807) is 0 Å². The molecule has 0 aliphatic heterocycles. The molecule has 1 unspecified atom stereocenters. The molecule has 0 amide bonds. The zero-order valence-corrected chi connectivity index (χ0v) is 10.0. The average Bonchev–Trinajstić information content (AvgIpc) is 2.47. The highest BCUT2D eigenvalue weighted by molar-refractivity contribution is 6.02. The topological polar surface area (TPSA) is 17.1 Å². The smallest absolute Gasteiger partial charge is 0.170 e. The van der Waals surface area contributed by atoms with Crippen molar-refractivity contribution in [3.63, 3.8) is 0 Å². The molecule has 0 saturated carbocycles. The molecule has 1 aliphatic rings. The third kappa shape index (κ3) is 1.88. The number of carbonyl (C=O) groups is 1. The van der Waals surface area contributed by atoms with Crippen molar-refractivity contribution in [3.05, 3.63) is 77.4 Å². The van der Waals surface area contributed by atoms with Gasteiger partial charge in [0.15, 0.2) is 5.78 Å². The monoisotopic (exact) mass is 234 g/mol. The molecule has 3 rings (SSSR count). The van der Waals surface area contributed by atoms with Crippen molar-refractivity contribution < 1.29 is 4.79 Å². The van der Waals surface area contributed by atoms with Gasteiger partial charge in [0, 0.05) is 5.56 Å². The Hall–Kier alpha value is -2.15. The molecule has 1 nitrogen and oxygen atoms in total. The minimum absolute atomic E-state index is 0.0337. The van der Waals surface area contributed by atoms with E-state index in [1.165, 1.54) is 0 Å². The molecule has 2 aromatic rings. The average molecular weight is 234 g/mol. The van der Waals surface area contributed by atoms with Crippen LogP contribution in [0.1, 0.15) is 33.8 Å². The van der Waals surface area contributed by atoms with E-state index in [9.17, 15) is 4.79 Å². The summed E-state index contributed by atoms with van der Waals surface area (Å²) in [5.74, 6) is 0.181. The molecule has 0 N–H and O–H groups in total. The van der Waals surface area contributed by atoms with E-state index in [1.807, 2.05) is 42.5 Å². The van der Waals surface area contributed by atoms with Crippen LogP contribution >= 0.6 is 0 Å². The fraction of sp³-hybridized carbons (Fsp3) is 0.118. The molecular weight excluding hydrogens is 220 g/mol. The first-order chi connectivity index (χ1) is 8.86. The summed E-state index contributed by atoms with van der Waals surface area (Å²) in [4.78, 5) is 12.5. The van der Waals surface area contributed by atoms with E-state index < -0.39 is 0 Å². The van der Waals surface area contributed by atoms with Gasteiger partial charge in [-0.3, -0.25) is 4.79 Å². The van der Waals surface area contributed by atoms with Gasteiger partial charge < -0.3 is 0 Å². The number of hydrogen-bond donors (Lipinski definition) is 0. The predicted octanol–water partition coefficient (Wildman–Crippen LogP) is 4.07. The summed E-state index contributed by atoms with van der Waals surface area (Å²) in [6.45, 7) is 0. The maximum Gasteiger partial charge on any atom is 0.170 e. The van der Waals surface area contributed by atoms with Gasteiger partial charge in [-0.15, -0.1) is 0 Å². The lowest BCUT2D eigenvalue weighted by molar-refractivity contribution is 0.0959. The van der Waals surface area contributed by atoms with Crippen LogP contribution in [-0.4, -0.2) is 5.78 Å². The van der Waals surface area contributed by atoms with E-state index >= 15 is 0 Å². The quantitative estimate of drug-likeness (QED) is 0.716. The highest BCUT2D eigenvalue weighted by Gasteiger charge is 2.24. The van der Waals surface area contributed by atoms with Gasteiger partial charge in [-0.1, -0.05) is 66.7 Å². The Labute approximate surface area is 107 Å². The largest absolute Gasteiger partial charge is 0.293 e. The van der Waals surface area contributed by atoms with Crippen molar-refractivity contribution in [1.82, 2.24) is 0 Å². The Bertz CT molecular complexity index is 596. The lowest BCUT2D eigenvalue weighted by Crippen LogP contribution is -2.15. The number of Topliss-reactive ketones (excluding diaryl/α,β-unsaturated/α-hetero) is 1. The summed E-state index contributed by atoms with van der Waals surface area (Å²) in [5.41, 5.74) is 3.11. The van der Waals surface area contributed by atoms with E-state index in [2.05, 4.69) is 24.3 Å². The number of hydrogen-bond acceptors (Lipinski definition) is 1. The molecular formula is C17H14O. The number of rotatable bonds is 2. The first kappa shape index (κ1) is 11.0. The zero-order chi connectivity index (χ0) is 12.4. The molecule has 0 bridgehead atoms. The van der Waals surface area contributed by atoms with Gasteiger partial charge in [0.1, 0.15) is 0 Å². The van der Waals surface area contributed by atoms with Crippen molar-refractivity contribution in [3.8, 4) is 0 Å². The molecule has 18 heavy (non-hydrogen) atoms. The maximum atomic E-state index is 12.5. The standard InChI is InChI=1S/C17H14O/c18-17(14-8-2-1-3-9-14)16-12-6-10-13-7-4-5-11-15(13)16/h1-11,16H,12H2. The van der Waals surface area contributed by atoms with Gasteiger partial charge in [-0.05, 0) is 17.5 Å². The SMILES string of the molecule is O=C(c1ccccc1)C1CC=Cc2ccccc21. The summed E-state index contributed by atoms with van der Waals surface area (Å²) in [5, 5.41) is 0. The second-order valence-electron chi connectivity index (χ2n) is 4.55. The van der Waals surface area contributed by atoms with E-state index in [0.29, 0.717) is 0 Å². The highest BCUT2D eigenvalue weighted by Crippen LogP contribution is 2.32. The second kappa shape index (κ2) is 4.61. The molecule has 2 aromatic carbocycles. The first-order valence-corrected chi connectivity index (χ1v) is 6.21. The van der Waals surface area contributed by atoms with Gasteiger partial charge >= 0.3 is 0 Å². The number of allylic oxidation sites excluding steroid dienone is 1. The van der Waals surface area contributed by atoms with Crippen LogP contribution in [0.2, 0.25) is 0 Å². The maximum absolute atomic E-state index is 12.5. The van der Waals surface area contributed by atoms with E-state index in [4.69, 9.17) is 0 Å². The second-order valence-corrected chi connectivity index (χ2v) is 4.55. The minimum Gasteiger partial charge on any atom is -0.293 e. The zero-order valence-electron chi connectivity index (χ0n) is 10.0. The van der Waals surface area contributed by atoms with Gasteiger partial charge in [-0.25, -0.2) is 0 Å². The van der Waals surface area contributed by atoms with Gasteiger partial charge in [0.05, 0.1) is 5.92 Å². The molecule has 0 saturated heterocycles. The van der Waals surface area contributed by atoms with Crippen LogP contribution < -0.4 is 0 Å². The summed E-state index contributed by atoms with van der Waals surface area (Å²) in [6.07, 6.45) is 4.99. The number of fused-ring (bicyclic) bond motifs is 1. The lowest BCUT2D eigenvalue weighted by Gasteiger charge is -2.20. The van der Waals surface area contributed by atoms with Gasteiger partial charge in [-0.2, -0.15) is 0 Å². The fourth-order valence-electron chi connectivity index (χ4n) is 2.49. The summed E-state index contributed by atoms with van der Waals surface area (Å²) in [7, 11) is 0. The molecule has 0 spiro atoms. The Kier molecular flexibility index (Phi) is 2.81. The van der Waals surface area contributed by atoms with Crippen LogP contribution in [-0.2, 0) is 0 Å². The number of benzene rings is 2. The number of carbonyl (C=O) groups excluding carboxylic acids is 1. The molecule has 1 atom stereocenters. The number of ketones is 1. The molecule has 0 fully saturated rings. The molecule has 0 radical (unpaired) electrons. The molecule has 1 aliphatic carbocycles. The summed E-state index contributed by atoms with van der Waals surface area (Å²) < 4.78 is 0. The van der Waals surface area contributed by atoms with Crippen molar-refractivity contribution in [2.75, 3.05) is 0 Å². The Morgan fingerprint density at radius 3 is 2.50 bits per heavy atom. The van der Waals surface area contributed by atoms with Crippen LogP contribution in [0.4, 0.5) is 0 Å². The molecule has 88 valence electrons. The third-order valence-corrected chi connectivity index (χ3v) is 3.42. The van der Waals surface area contributed by atoms with Crippen molar-refractivity contribution in [1.29, 1.82) is 0 Å². The Morgan fingerprint density at radius 1 is 0.944 bits per heavy atom. The van der Waals surface area contributed by atoms with Crippen molar-refractivity contribution in [2.45, 2.75) is 12.3 Å². The summed E-state index contributed by atoms with van der Waals surface area (Å²) >= 11 is 0. The normalized spacial score (nSPS) is 17.2. The summed E-state index contributed by atoms with van der Waals surface area (Å²) in [6, 6.07) is 17.7. The lowest BCUT2D eigenvalue weighted by atomic mass is 9.82. The van der Waals surface area contributed by atoms with Gasteiger partial charge in [0.2, 0.25) is 0 Å². The molecule has 0 aromatic heterocycles. The van der Waals surface area contributed by atoms with E-state index in [-0.39, 0.29) is 11.7 Å². The van der Waals surface area contributed by atoms with E-state index in [0.717, 1.165) is 23.1 Å². The van der Waals surface area contributed by atoms with Crippen LogP contribution in [0.5, 0.6) is 0 Å². The Morgan fingerprint density at radius 2 is 1.67 bits per heavy atom.